The van der Waals surface area contributed by atoms with Crippen molar-refractivity contribution in [3.63, 3.8) is 0 Å². The molecule has 0 amide bonds. The van der Waals surface area contributed by atoms with Gasteiger partial charge >= 0.3 is 0 Å². The average Bonchev–Trinajstić information content (AvgIpc) is 2.65. The molecule has 0 saturated carbocycles. The molecule has 1 fully saturated rings. The van der Waals surface area contributed by atoms with Gasteiger partial charge in [-0.2, -0.15) is 11.8 Å². The van der Waals surface area contributed by atoms with Crippen molar-refractivity contribution in [2.45, 2.75) is 12.8 Å². The van der Waals surface area contributed by atoms with E-state index in [2.05, 4.69) is 4.90 Å². The van der Waals surface area contributed by atoms with Crippen LogP contribution in [0.2, 0.25) is 0 Å². The highest BCUT2D eigenvalue weighted by atomic mass is 32.2. The van der Waals surface area contributed by atoms with Crippen LogP contribution in [0.3, 0.4) is 0 Å². The van der Waals surface area contributed by atoms with Crippen LogP contribution in [-0.2, 0) is 0 Å². The van der Waals surface area contributed by atoms with Crippen molar-refractivity contribution in [1.29, 1.82) is 0 Å². The Labute approximate surface area is 107 Å². The molecule has 3 heteroatoms. The molecule has 1 heterocycles. The fourth-order valence-electron chi connectivity index (χ4n) is 2.05. The molecule has 0 N–H and O–H groups in total. The minimum absolute atomic E-state index is 0.266. The van der Waals surface area contributed by atoms with E-state index in [-0.39, 0.29) is 5.78 Å². The van der Waals surface area contributed by atoms with Crippen LogP contribution in [0, 0.1) is 0 Å². The zero-order valence-electron chi connectivity index (χ0n) is 10.1. The van der Waals surface area contributed by atoms with E-state index in [9.17, 15) is 4.79 Å². The predicted octanol–water partition coefficient (Wildman–Crippen LogP) is 2.70. The molecule has 0 atom stereocenters. The largest absolute Gasteiger partial charge is 0.302 e. The second kappa shape index (κ2) is 6.82. The number of hydrogen-bond acceptors (Lipinski definition) is 3. The number of carbonyl (C=O) groups is 1. The van der Waals surface area contributed by atoms with E-state index >= 15 is 0 Å². The topological polar surface area (TPSA) is 20.3 Å². The maximum Gasteiger partial charge on any atom is 0.164 e. The Balaban J connectivity index is 1.79. The summed E-state index contributed by atoms with van der Waals surface area (Å²) in [7, 11) is 0. The highest BCUT2D eigenvalue weighted by molar-refractivity contribution is 7.99. The van der Waals surface area contributed by atoms with Gasteiger partial charge in [-0.25, -0.2) is 0 Å². The summed E-state index contributed by atoms with van der Waals surface area (Å²) < 4.78 is 0. The predicted molar refractivity (Wildman–Crippen MR) is 73.8 cm³/mol. The number of nitrogens with zero attached hydrogens (tertiary/aromatic N) is 1. The van der Waals surface area contributed by atoms with Gasteiger partial charge in [0.05, 0.1) is 0 Å². The van der Waals surface area contributed by atoms with Crippen molar-refractivity contribution >= 4 is 17.5 Å². The van der Waals surface area contributed by atoms with Crippen LogP contribution < -0.4 is 0 Å². The molecular weight excluding hydrogens is 230 g/mol. The van der Waals surface area contributed by atoms with Crippen molar-refractivity contribution in [3.8, 4) is 0 Å². The first-order valence-corrected chi connectivity index (χ1v) is 7.40. The Kier molecular flexibility index (Phi) is 5.08. The van der Waals surface area contributed by atoms with Crippen molar-refractivity contribution in [2.75, 3.05) is 31.1 Å². The molecule has 2 nitrogen and oxygen atoms in total. The molecule has 1 aromatic carbocycles. The van der Waals surface area contributed by atoms with E-state index in [0.717, 1.165) is 25.2 Å². The van der Waals surface area contributed by atoms with Gasteiger partial charge in [0.1, 0.15) is 0 Å². The third-order valence-corrected chi connectivity index (χ3v) is 4.11. The van der Waals surface area contributed by atoms with Gasteiger partial charge in [0, 0.05) is 30.8 Å². The van der Waals surface area contributed by atoms with Crippen LogP contribution in [0.15, 0.2) is 30.3 Å². The van der Waals surface area contributed by atoms with Crippen LogP contribution in [0.4, 0.5) is 0 Å². The summed E-state index contributed by atoms with van der Waals surface area (Å²) in [6.07, 6.45) is 1.90. The Hall–Kier alpha value is -0.800. The molecule has 17 heavy (non-hydrogen) atoms. The number of ketones is 1. The summed E-state index contributed by atoms with van der Waals surface area (Å²) >= 11 is 2.02. The van der Waals surface area contributed by atoms with E-state index in [1.807, 2.05) is 42.1 Å². The Morgan fingerprint density at radius 1 is 1.18 bits per heavy atom. The number of benzene rings is 1. The van der Waals surface area contributed by atoms with Crippen LogP contribution in [-0.4, -0.2) is 41.8 Å². The second-order valence-corrected chi connectivity index (χ2v) is 5.57. The quantitative estimate of drug-likeness (QED) is 0.765. The molecule has 0 bridgehead atoms. The van der Waals surface area contributed by atoms with Crippen molar-refractivity contribution in [3.05, 3.63) is 35.9 Å². The molecule has 92 valence electrons. The second-order valence-electron chi connectivity index (χ2n) is 4.35. The Morgan fingerprint density at radius 3 is 2.82 bits per heavy atom. The van der Waals surface area contributed by atoms with E-state index in [0.29, 0.717) is 6.42 Å². The highest BCUT2D eigenvalue weighted by Gasteiger charge is 2.11. The molecule has 1 aliphatic heterocycles. The summed E-state index contributed by atoms with van der Waals surface area (Å²) in [4.78, 5) is 14.4. The fourth-order valence-corrected chi connectivity index (χ4v) is 2.97. The zero-order valence-corrected chi connectivity index (χ0v) is 10.9. The molecule has 0 aromatic heterocycles. The van der Waals surface area contributed by atoms with Crippen LogP contribution in [0.1, 0.15) is 23.2 Å². The minimum atomic E-state index is 0.266. The number of carbonyl (C=O) groups excluding carboxylic acids is 1. The monoisotopic (exact) mass is 249 g/mol. The first-order valence-electron chi connectivity index (χ1n) is 6.24. The summed E-state index contributed by atoms with van der Waals surface area (Å²) in [5.74, 6) is 2.74. The maximum absolute atomic E-state index is 11.9. The lowest BCUT2D eigenvalue weighted by Gasteiger charge is -2.18. The summed E-state index contributed by atoms with van der Waals surface area (Å²) in [5.41, 5.74) is 0.844. The summed E-state index contributed by atoms with van der Waals surface area (Å²) in [6, 6.07) is 9.61. The van der Waals surface area contributed by atoms with Crippen LogP contribution in [0.25, 0.3) is 0 Å². The standard InChI is InChI=1S/C14H19NOS/c16-14(13-5-2-1-3-6-13)7-9-15-8-4-11-17-12-10-15/h1-3,5-6H,4,7-12H2. The van der Waals surface area contributed by atoms with Gasteiger partial charge in [0.25, 0.3) is 0 Å². The van der Waals surface area contributed by atoms with E-state index in [4.69, 9.17) is 0 Å². The van der Waals surface area contributed by atoms with Gasteiger partial charge < -0.3 is 4.90 Å². The lowest BCUT2D eigenvalue weighted by Crippen LogP contribution is -2.28. The highest BCUT2D eigenvalue weighted by Crippen LogP contribution is 2.11. The Morgan fingerprint density at radius 2 is 2.00 bits per heavy atom. The molecule has 0 aliphatic carbocycles. The fraction of sp³-hybridized carbons (Fsp3) is 0.500. The average molecular weight is 249 g/mol. The van der Waals surface area contributed by atoms with E-state index in [1.54, 1.807) is 0 Å². The number of hydrogen-bond donors (Lipinski definition) is 0. The molecule has 0 unspecified atom stereocenters. The molecule has 1 aliphatic rings. The van der Waals surface area contributed by atoms with Gasteiger partial charge in [0.2, 0.25) is 0 Å². The van der Waals surface area contributed by atoms with Gasteiger partial charge in [-0.15, -0.1) is 0 Å². The number of Topliss-reactive ketones (excluding diaryl/α,β-unsaturated/α-hetero) is 1. The van der Waals surface area contributed by atoms with E-state index < -0.39 is 0 Å². The molecule has 0 radical (unpaired) electrons. The van der Waals surface area contributed by atoms with Crippen LogP contribution in [0.5, 0.6) is 0 Å². The third-order valence-electron chi connectivity index (χ3n) is 3.07. The third kappa shape index (κ3) is 4.17. The molecule has 1 saturated heterocycles. The molecule has 0 spiro atoms. The smallest absolute Gasteiger partial charge is 0.164 e. The van der Waals surface area contributed by atoms with Crippen molar-refractivity contribution in [1.82, 2.24) is 4.90 Å². The zero-order chi connectivity index (χ0) is 11.9. The van der Waals surface area contributed by atoms with Gasteiger partial charge in [-0.3, -0.25) is 4.79 Å². The lowest BCUT2D eigenvalue weighted by atomic mass is 10.1. The maximum atomic E-state index is 11.9. The SMILES string of the molecule is O=C(CCN1CCCSCC1)c1ccccc1. The van der Waals surface area contributed by atoms with Gasteiger partial charge in [-0.05, 0) is 18.7 Å². The summed E-state index contributed by atoms with van der Waals surface area (Å²) in [5, 5.41) is 0. The first kappa shape index (κ1) is 12.7. The number of rotatable bonds is 4. The first-order chi connectivity index (χ1) is 8.36. The normalized spacial score (nSPS) is 17.6. The van der Waals surface area contributed by atoms with Crippen molar-refractivity contribution < 1.29 is 4.79 Å². The van der Waals surface area contributed by atoms with Gasteiger partial charge in [0.15, 0.2) is 5.78 Å². The van der Waals surface area contributed by atoms with Crippen LogP contribution >= 0.6 is 11.8 Å². The van der Waals surface area contributed by atoms with Crippen molar-refractivity contribution in [2.24, 2.45) is 0 Å². The summed E-state index contributed by atoms with van der Waals surface area (Å²) in [6.45, 7) is 3.19. The minimum Gasteiger partial charge on any atom is -0.302 e. The lowest BCUT2D eigenvalue weighted by molar-refractivity contribution is 0.0966. The Bertz CT molecular complexity index is 344. The molecule has 2 rings (SSSR count). The number of thioether (sulfide) groups is 1. The van der Waals surface area contributed by atoms with Gasteiger partial charge in [-0.1, -0.05) is 30.3 Å². The molecular formula is C14H19NOS. The molecule has 1 aromatic rings. The van der Waals surface area contributed by atoms with E-state index in [1.165, 1.54) is 17.9 Å².